The molecule has 0 radical (unpaired) electrons. The van der Waals surface area contributed by atoms with E-state index in [1.807, 2.05) is 0 Å². The Labute approximate surface area is 110 Å². The zero-order chi connectivity index (χ0) is 14.8. The number of benzene rings is 1. The molecule has 0 bridgehead atoms. The van der Waals surface area contributed by atoms with Crippen molar-refractivity contribution in [1.82, 2.24) is 4.72 Å². The van der Waals surface area contributed by atoms with Gasteiger partial charge in [0, 0.05) is 19.7 Å². The van der Waals surface area contributed by atoms with Crippen molar-refractivity contribution in [3.63, 3.8) is 0 Å². The van der Waals surface area contributed by atoms with Gasteiger partial charge in [-0.25, -0.2) is 21.9 Å². The van der Waals surface area contributed by atoms with Gasteiger partial charge in [-0.1, -0.05) is 0 Å². The summed E-state index contributed by atoms with van der Waals surface area (Å²) in [5.74, 6) is -2.21. The molecule has 1 aromatic carbocycles. The standard InChI is InChI=1S/C11H16F2N2O3S/c1-11(2,18-3)6-15-19(16,17)10-5-9(14)7(12)4-8(10)13/h4-5,15H,6,14H2,1-3H3. The number of nitrogen functional groups attached to an aromatic ring is 1. The predicted molar refractivity (Wildman–Crippen MR) is 67.0 cm³/mol. The summed E-state index contributed by atoms with van der Waals surface area (Å²) in [6, 6.07) is 1.18. The Morgan fingerprint density at radius 3 is 2.42 bits per heavy atom. The van der Waals surface area contributed by atoms with E-state index in [0.29, 0.717) is 6.07 Å². The zero-order valence-corrected chi connectivity index (χ0v) is 11.6. The molecule has 0 aromatic heterocycles. The van der Waals surface area contributed by atoms with Crippen LogP contribution >= 0.6 is 0 Å². The van der Waals surface area contributed by atoms with Gasteiger partial charge < -0.3 is 10.5 Å². The Morgan fingerprint density at radius 1 is 1.32 bits per heavy atom. The van der Waals surface area contributed by atoms with E-state index in [-0.39, 0.29) is 6.54 Å². The second-order valence-electron chi connectivity index (χ2n) is 4.59. The summed E-state index contributed by atoms with van der Waals surface area (Å²) < 4.78 is 57.5. The molecule has 0 aliphatic heterocycles. The van der Waals surface area contributed by atoms with E-state index in [2.05, 4.69) is 4.72 Å². The van der Waals surface area contributed by atoms with Crippen LogP contribution in [-0.2, 0) is 14.8 Å². The van der Waals surface area contributed by atoms with Crippen molar-refractivity contribution in [2.24, 2.45) is 0 Å². The molecule has 0 heterocycles. The summed E-state index contributed by atoms with van der Waals surface area (Å²) in [5.41, 5.74) is 4.04. The number of nitrogens with one attached hydrogen (secondary N) is 1. The fraction of sp³-hybridized carbons (Fsp3) is 0.455. The molecule has 1 rings (SSSR count). The zero-order valence-electron chi connectivity index (χ0n) is 10.8. The third-order valence-electron chi connectivity index (χ3n) is 2.58. The SMILES string of the molecule is COC(C)(C)CNS(=O)(=O)c1cc(N)c(F)cc1F. The van der Waals surface area contributed by atoms with Crippen molar-refractivity contribution < 1.29 is 21.9 Å². The summed E-state index contributed by atoms with van der Waals surface area (Å²) in [5, 5.41) is 0. The number of anilines is 1. The highest BCUT2D eigenvalue weighted by Crippen LogP contribution is 2.21. The van der Waals surface area contributed by atoms with Crippen LogP contribution in [0.5, 0.6) is 0 Å². The highest BCUT2D eigenvalue weighted by molar-refractivity contribution is 7.89. The number of sulfonamides is 1. The number of ether oxygens (including phenoxy) is 1. The van der Waals surface area contributed by atoms with E-state index in [1.165, 1.54) is 7.11 Å². The average Bonchev–Trinajstić information content (AvgIpc) is 2.31. The van der Waals surface area contributed by atoms with Crippen molar-refractivity contribution in [2.75, 3.05) is 19.4 Å². The van der Waals surface area contributed by atoms with Crippen LogP contribution in [-0.4, -0.2) is 27.7 Å². The first-order chi connectivity index (χ1) is 8.59. The highest BCUT2D eigenvalue weighted by Gasteiger charge is 2.25. The van der Waals surface area contributed by atoms with E-state index in [4.69, 9.17) is 10.5 Å². The van der Waals surface area contributed by atoms with Crippen LogP contribution in [0.4, 0.5) is 14.5 Å². The fourth-order valence-corrected chi connectivity index (χ4v) is 2.46. The summed E-state index contributed by atoms with van der Waals surface area (Å²) >= 11 is 0. The summed E-state index contributed by atoms with van der Waals surface area (Å²) in [7, 11) is -2.70. The lowest BCUT2D eigenvalue weighted by atomic mass is 10.1. The molecule has 108 valence electrons. The molecule has 5 nitrogen and oxygen atoms in total. The normalized spacial score (nSPS) is 12.7. The Kier molecular flexibility index (Phi) is 4.49. The first-order valence-corrected chi connectivity index (χ1v) is 6.87. The summed E-state index contributed by atoms with van der Waals surface area (Å²) in [6.07, 6.45) is 0. The van der Waals surface area contributed by atoms with Gasteiger partial charge in [0.15, 0.2) is 0 Å². The molecule has 0 saturated carbocycles. The van der Waals surface area contributed by atoms with Gasteiger partial charge in [-0.2, -0.15) is 0 Å². The van der Waals surface area contributed by atoms with Crippen molar-refractivity contribution in [1.29, 1.82) is 0 Å². The second kappa shape index (κ2) is 5.40. The summed E-state index contributed by atoms with van der Waals surface area (Å²) in [4.78, 5) is -0.696. The minimum Gasteiger partial charge on any atom is -0.396 e. The lowest BCUT2D eigenvalue weighted by Gasteiger charge is -2.23. The second-order valence-corrected chi connectivity index (χ2v) is 6.33. The fourth-order valence-electron chi connectivity index (χ4n) is 1.17. The number of rotatable bonds is 5. The molecule has 8 heteroatoms. The quantitative estimate of drug-likeness (QED) is 0.801. The molecule has 0 spiro atoms. The Morgan fingerprint density at radius 2 is 1.89 bits per heavy atom. The number of hydrogen-bond donors (Lipinski definition) is 2. The van der Waals surface area contributed by atoms with Crippen molar-refractivity contribution in [2.45, 2.75) is 24.3 Å². The van der Waals surface area contributed by atoms with E-state index >= 15 is 0 Å². The van der Waals surface area contributed by atoms with Gasteiger partial charge in [0.25, 0.3) is 0 Å². The van der Waals surface area contributed by atoms with Gasteiger partial charge in [0.05, 0.1) is 11.3 Å². The van der Waals surface area contributed by atoms with Crippen LogP contribution in [0.2, 0.25) is 0 Å². The Bertz CT molecular complexity index is 574. The monoisotopic (exact) mass is 294 g/mol. The van der Waals surface area contributed by atoms with Gasteiger partial charge in [-0.3, -0.25) is 0 Å². The molecule has 3 N–H and O–H groups in total. The van der Waals surface area contributed by atoms with Gasteiger partial charge >= 0.3 is 0 Å². The van der Waals surface area contributed by atoms with Gasteiger partial charge in [0.2, 0.25) is 10.0 Å². The molecule has 1 aromatic rings. The molecule has 0 aliphatic rings. The van der Waals surface area contributed by atoms with Crippen LogP contribution < -0.4 is 10.5 Å². The number of nitrogens with two attached hydrogens (primary N) is 1. The lowest BCUT2D eigenvalue weighted by Crippen LogP contribution is -2.39. The van der Waals surface area contributed by atoms with Gasteiger partial charge in [0.1, 0.15) is 16.5 Å². The van der Waals surface area contributed by atoms with Crippen LogP contribution in [0.1, 0.15) is 13.8 Å². The Hall–Kier alpha value is -1.25. The maximum Gasteiger partial charge on any atom is 0.243 e. The van der Waals surface area contributed by atoms with E-state index in [1.54, 1.807) is 13.8 Å². The molecule has 0 aliphatic carbocycles. The maximum absolute atomic E-state index is 13.5. The molecule has 0 amide bonds. The van der Waals surface area contributed by atoms with Gasteiger partial charge in [-0.05, 0) is 19.9 Å². The third-order valence-corrected chi connectivity index (χ3v) is 4.00. The third kappa shape index (κ3) is 3.85. The molecule has 0 saturated heterocycles. The smallest absolute Gasteiger partial charge is 0.243 e. The first-order valence-electron chi connectivity index (χ1n) is 5.38. The van der Waals surface area contributed by atoms with Crippen molar-refractivity contribution >= 4 is 15.7 Å². The van der Waals surface area contributed by atoms with Crippen molar-refractivity contribution in [3.05, 3.63) is 23.8 Å². The number of hydrogen-bond acceptors (Lipinski definition) is 4. The number of halogens is 2. The minimum absolute atomic E-state index is 0.0669. The molecule has 0 atom stereocenters. The van der Waals surface area contributed by atoms with Crippen LogP contribution in [0.3, 0.4) is 0 Å². The van der Waals surface area contributed by atoms with E-state index in [9.17, 15) is 17.2 Å². The first kappa shape index (κ1) is 15.8. The molecular weight excluding hydrogens is 278 g/mol. The molecule has 0 unspecified atom stereocenters. The van der Waals surface area contributed by atoms with E-state index in [0.717, 1.165) is 6.07 Å². The predicted octanol–water partition coefficient (Wildman–Crippen LogP) is 1.25. The molecule has 19 heavy (non-hydrogen) atoms. The lowest BCUT2D eigenvalue weighted by molar-refractivity contribution is 0.0276. The molecule has 0 fully saturated rings. The van der Waals surface area contributed by atoms with E-state index < -0.39 is 37.8 Å². The highest BCUT2D eigenvalue weighted by atomic mass is 32.2. The molecular formula is C11H16F2N2O3S. The minimum atomic E-state index is -4.13. The topological polar surface area (TPSA) is 81.4 Å². The van der Waals surface area contributed by atoms with Crippen LogP contribution in [0.15, 0.2) is 17.0 Å². The maximum atomic E-state index is 13.5. The van der Waals surface area contributed by atoms with Crippen LogP contribution in [0, 0.1) is 11.6 Å². The number of methoxy groups -OCH3 is 1. The van der Waals surface area contributed by atoms with Gasteiger partial charge in [-0.15, -0.1) is 0 Å². The average molecular weight is 294 g/mol. The summed E-state index contributed by atoms with van der Waals surface area (Å²) in [6.45, 7) is 3.25. The van der Waals surface area contributed by atoms with Crippen molar-refractivity contribution in [3.8, 4) is 0 Å². The van der Waals surface area contributed by atoms with Crippen LogP contribution in [0.25, 0.3) is 0 Å². The Balaban J connectivity index is 3.05. The largest absolute Gasteiger partial charge is 0.396 e.